The number of anilines is 2. The fourth-order valence-electron chi connectivity index (χ4n) is 4.05. The number of carboxylic acid groups (broad SMARTS) is 1. The van der Waals surface area contributed by atoms with Gasteiger partial charge in [-0.05, 0) is 41.3 Å². The number of fused-ring (bicyclic) bond motifs is 1. The number of rotatable bonds is 8. The van der Waals surface area contributed by atoms with E-state index in [0.717, 1.165) is 10.5 Å². The van der Waals surface area contributed by atoms with Crippen molar-refractivity contribution in [3.63, 3.8) is 0 Å². The third kappa shape index (κ3) is 5.59. The predicted molar refractivity (Wildman–Crippen MR) is 151 cm³/mol. The van der Waals surface area contributed by atoms with Gasteiger partial charge in [0.25, 0.3) is 5.91 Å². The molecule has 7 nitrogen and oxygen atoms in total. The summed E-state index contributed by atoms with van der Waals surface area (Å²) in [5, 5.41) is 18.2. The number of hydrogen-bond acceptors (Lipinski definition) is 6. The van der Waals surface area contributed by atoms with E-state index in [9.17, 15) is 19.5 Å². The molecule has 2 amide bonds. The summed E-state index contributed by atoms with van der Waals surface area (Å²) in [6, 6.07) is 26.7. The van der Waals surface area contributed by atoms with Gasteiger partial charge in [0.05, 0.1) is 5.56 Å². The Morgan fingerprint density at radius 1 is 0.842 bits per heavy atom. The molecule has 0 aliphatic heterocycles. The number of aromatic carboxylic acids is 1. The lowest BCUT2D eigenvalue weighted by molar-refractivity contribution is -0.115. The Morgan fingerprint density at radius 3 is 2.29 bits per heavy atom. The molecule has 1 aromatic heterocycles. The monoisotopic (exact) mass is 539 g/mol. The van der Waals surface area contributed by atoms with Gasteiger partial charge in [-0.3, -0.25) is 9.59 Å². The smallest absolute Gasteiger partial charge is 0.336 e. The maximum absolute atomic E-state index is 13.3. The summed E-state index contributed by atoms with van der Waals surface area (Å²) < 4.78 is 0. The summed E-state index contributed by atoms with van der Waals surface area (Å²) in [6.45, 7) is 0. The van der Waals surface area contributed by atoms with Crippen molar-refractivity contribution >= 4 is 62.5 Å². The van der Waals surface area contributed by atoms with Gasteiger partial charge in [0, 0.05) is 33.1 Å². The van der Waals surface area contributed by atoms with E-state index in [1.807, 2.05) is 36.4 Å². The number of carboxylic acids is 1. The molecule has 1 unspecified atom stereocenters. The topological polar surface area (TPSA) is 108 Å². The van der Waals surface area contributed by atoms with E-state index in [1.165, 1.54) is 29.2 Å². The summed E-state index contributed by atoms with van der Waals surface area (Å²) in [5.74, 6) is -1.73. The minimum atomic E-state index is -1.10. The number of carbonyl (C=O) groups is 3. The summed E-state index contributed by atoms with van der Waals surface area (Å²) in [4.78, 5) is 43.2. The van der Waals surface area contributed by atoms with Crippen LogP contribution in [0.5, 0.6) is 0 Å². The van der Waals surface area contributed by atoms with Crippen LogP contribution in [0.4, 0.5) is 10.8 Å². The maximum Gasteiger partial charge on any atom is 0.336 e. The van der Waals surface area contributed by atoms with Gasteiger partial charge in [-0.1, -0.05) is 60.7 Å². The van der Waals surface area contributed by atoms with E-state index in [2.05, 4.69) is 15.6 Å². The van der Waals surface area contributed by atoms with E-state index in [1.54, 1.807) is 60.1 Å². The number of amides is 2. The average molecular weight is 540 g/mol. The number of nitrogens with zero attached hydrogens (tertiary/aromatic N) is 1. The molecule has 188 valence electrons. The molecule has 3 N–H and O–H groups in total. The zero-order valence-electron chi connectivity index (χ0n) is 19.8. The van der Waals surface area contributed by atoms with E-state index >= 15 is 0 Å². The average Bonchev–Trinajstić information content (AvgIpc) is 3.44. The van der Waals surface area contributed by atoms with Gasteiger partial charge in [0.2, 0.25) is 5.91 Å². The number of aromatic nitrogens is 1. The van der Waals surface area contributed by atoms with E-state index in [4.69, 9.17) is 0 Å². The quantitative estimate of drug-likeness (QED) is 0.189. The van der Waals surface area contributed by atoms with Crippen LogP contribution in [0.1, 0.15) is 31.5 Å². The normalized spacial score (nSPS) is 11.6. The lowest BCUT2D eigenvalue weighted by Crippen LogP contribution is -2.19. The van der Waals surface area contributed by atoms with Gasteiger partial charge in [0.1, 0.15) is 5.25 Å². The Hall–Kier alpha value is -4.47. The molecule has 1 heterocycles. The Labute approximate surface area is 226 Å². The van der Waals surface area contributed by atoms with Crippen molar-refractivity contribution in [2.75, 3.05) is 10.6 Å². The van der Waals surface area contributed by atoms with Gasteiger partial charge in [-0.25, -0.2) is 9.78 Å². The van der Waals surface area contributed by atoms with Gasteiger partial charge < -0.3 is 15.7 Å². The van der Waals surface area contributed by atoms with Crippen LogP contribution in [-0.2, 0) is 4.79 Å². The fourth-order valence-corrected chi connectivity index (χ4v) is 5.66. The van der Waals surface area contributed by atoms with Crippen LogP contribution in [0, 0.1) is 0 Å². The largest absolute Gasteiger partial charge is 0.478 e. The molecule has 0 radical (unpaired) electrons. The standard InChI is InChI=1S/C29H21N3O4S2/c33-26(22-13-4-9-18-10-5-14-23(24(18)22)28(35)36)31-20-11-6-12-21(17-20)38-25(19-7-2-1-3-8-19)27(34)32-29-30-15-16-37-29/h1-17,25H,(H,31,33)(H,35,36)(H,30,32,34). The summed E-state index contributed by atoms with van der Waals surface area (Å²) in [5.41, 5.74) is 1.69. The van der Waals surface area contributed by atoms with Crippen LogP contribution in [-0.4, -0.2) is 27.9 Å². The Kier molecular flexibility index (Phi) is 7.48. The van der Waals surface area contributed by atoms with E-state index in [-0.39, 0.29) is 17.0 Å². The predicted octanol–water partition coefficient (Wildman–Crippen LogP) is 6.72. The molecule has 1 atom stereocenters. The van der Waals surface area contributed by atoms with Crippen LogP contribution in [0.15, 0.2) is 107 Å². The third-order valence-electron chi connectivity index (χ3n) is 5.73. The molecule has 0 bridgehead atoms. The van der Waals surface area contributed by atoms with Crippen molar-refractivity contribution in [1.29, 1.82) is 0 Å². The summed E-state index contributed by atoms with van der Waals surface area (Å²) >= 11 is 2.70. The molecule has 0 spiro atoms. The molecule has 38 heavy (non-hydrogen) atoms. The highest BCUT2D eigenvalue weighted by atomic mass is 32.2. The zero-order valence-corrected chi connectivity index (χ0v) is 21.5. The second-order valence-electron chi connectivity index (χ2n) is 8.23. The van der Waals surface area contributed by atoms with Crippen LogP contribution in [0.3, 0.4) is 0 Å². The Balaban J connectivity index is 1.40. The first-order valence-corrected chi connectivity index (χ1v) is 13.3. The van der Waals surface area contributed by atoms with Crippen molar-refractivity contribution in [2.24, 2.45) is 0 Å². The lowest BCUT2D eigenvalue weighted by atomic mass is 9.98. The number of nitrogens with one attached hydrogen (secondary N) is 2. The first kappa shape index (κ1) is 25.2. The van der Waals surface area contributed by atoms with E-state index in [0.29, 0.717) is 21.6 Å². The van der Waals surface area contributed by atoms with Crippen LogP contribution >= 0.6 is 23.1 Å². The second-order valence-corrected chi connectivity index (χ2v) is 10.3. The minimum absolute atomic E-state index is 0.0644. The fraction of sp³-hybridized carbons (Fsp3) is 0.0345. The molecule has 0 aliphatic rings. The lowest BCUT2D eigenvalue weighted by Gasteiger charge is -2.17. The van der Waals surface area contributed by atoms with E-state index < -0.39 is 17.1 Å². The highest BCUT2D eigenvalue weighted by molar-refractivity contribution is 8.00. The van der Waals surface area contributed by atoms with Crippen molar-refractivity contribution < 1.29 is 19.5 Å². The number of thiazole rings is 1. The van der Waals surface area contributed by atoms with Gasteiger partial charge in [-0.15, -0.1) is 23.1 Å². The molecular weight excluding hydrogens is 518 g/mol. The third-order valence-corrected chi connectivity index (χ3v) is 7.67. The van der Waals surface area contributed by atoms with Gasteiger partial charge in [-0.2, -0.15) is 0 Å². The Morgan fingerprint density at radius 2 is 1.58 bits per heavy atom. The molecule has 0 fully saturated rings. The van der Waals surface area contributed by atoms with Crippen molar-refractivity contribution in [3.05, 3.63) is 119 Å². The minimum Gasteiger partial charge on any atom is -0.478 e. The van der Waals surface area contributed by atoms with Crippen LogP contribution in [0.25, 0.3) is 10.8 Å². The highest BCUT2D eigenvalue weighted by Crippen LogP contribution is 2.37. The zero-order chi connectivity index (χ0) is 26.5. The summed E-state index contributed by atoms with van der Waals surface area (Å²) in [7, 11) is 0. The second kappa shape index (κ2) is 11.3. The molecule has 0 aliphatic carbocycles. The molecule has 0 saturated heterocycles. The first-order valence-electron chi connectivity index (χ1n) is 11.6. The van der Waals surface area contributed by atoms with Gasteiger partial charge in [0.15, 0.2) is 5.13 Å². The molecular formula is C29H21N3O4S2. The van der Waals surface area contributed by atoms with Crippen molar-refractivity contribution in [2.45, 2.75) is 10.1 Å². The number of hydrogen-bond donors (Lipinski definition) is 3. The SMILES string of the molecule is O=C(O)c1cccc2cccc(C(=O)Nc3cccc(SC(C(=O)Nc4nccs4)c4ccccc4)c3)c12. The number of thioether (sulfide) groups is 1. The molecule has 5 aromatic rings. The first-order chi connectivity index (χ1) is 18.5. The Bertz CT molecular complexity index is 1620. The molecule has 5 rings (SSSR count). The van der Waals surface area contributed by atoms with Crippen molar-refractivity contribution in [1.82, 2.24) is 4.98 Å². The molecule has 0 saturated carbocycles. The molecule has 9 heteroatoms. The maximum atomic E-state index is 13.3. The van der Waals surface area contributed by atoms with Gasteiger partial charge >= 0.3 is 5.97 Å². The van der Waals surface area contributed by atoms with Crippen molar-refractivity contribution in [3.8, 4) is 0 Å². The summed E-state index contributed by atoms with van der Waals surface area (Å²) in [6.07, 6.45) is 1.63. The highest BCUT2D eigenvalue weighted by Gasteiger charge is 2.23. The number of benzene rings is 4. The van der Waals surface area contributed by atoms with Crippen LogP contribution < -0.4 is 10.6 Å². The number of carbonyl (C=O) groups excluding carboxylic acids is 2. The van der Waals surface area contributed by atoms with Crippen LogP contribution in [0.2, 0.25) is 0 Å². The molecule has 4 aromatic carbocycles.